The standard InChI is InChI=1S/C13H20BrOSi/c1-13(2,3)12-8-11(14)7-6-10(12)9-15-16(4)5/h6-8H,9H2,1-5H3. The Hall–Kier alpha value is -0.123. The van der Waals surface area contributed by atoms with Gasteiger partial charge < -0.3 is 4.43 Å². The van der Waals surface area contributed by atoms with Crippen LogP contribution >= 0.6 is 15.9 Å². The highest BCUT2D eigenvalue weighted by Crippen LogP contribution is 2.29. The molecule has 1 nitrogen and oxygen atoms in total. The molecule has 0 amide bonds. The average Bonchev–Trinajstić information content (AvgIpc) is 2.14. The number of halogens is 1. The fraction of sp³-hybridized carbons (Fsp3) is 0.538. The molecule has 0 saturated carbocycles. The minimum absolute atomic E-state index is 0.164. The highest BCUT2D eigenvalue weighted by atomic mass is 79.9. The second kappa shape index (κ2) is 5.47. The van der Waals surface area contributed by atoms with Gasteiger partial charge in [-0.15, -0.1) is 0 Å². The van der Waals surface area contributed by atoms with Crippen molar-refractivity contribution in [2.75, 3.05) is 0 Å². The van der Waals surface area contributed by atoms with Gasteiger partial charge in [0.15, 0.2) is 0 Å². The van der Waals surface area contributed by atoms with Gasteiger partial charge in [-0.05, 0) is 41.8 Å². The van der Waals surface area contributed by atoms with E-state index in [2.05, 4.69) is 68.0 Å². The summed E-state index contributed by atoms with van der Waals surface area (Å²) in [6, 6.07) is 6.46. The molecule has 0 atom stereocenters. The average molecular weight is 300 g/mol. The SMILES string of the molecule is C[Si](C)OCc1ccc(Br)cc1C(C)(C)C. The van der Waals surface area contributed by atoms with Crippen LogP contribution in [-0.4, -0.2) is 9.04 Å². The van der Waals surface area contributed by atoms with E-state index >= 15 is 0 Å². The molecule has 1 aromatic carbocycles. The van der Waals surface area contributed by atoms with E-state index in [1.807, 2.05) is 0 Å². The Labute approximate surface area is 109 Å². The second-order valence-corrected chi connectivity index (χ2v) is 8.27. The van der Waals surface area contributed by atoms with Crippen molar-refractivity contribution < 1.29 is 4.43 Å². The predicted molar refractivity (Wildman–Crippen MR) is 75.1 cm³/mol. The fourth-order valence-corrected chi connectivity index (χ4v) is 2.40. The van der Waals surface area contributed by atoms with E-state index in [1.165, 1.54) is 11.1 Å². The molecule has 0 aliphatic heterocycles. The number of hydrogen-bond donors (Lipinski definition) is 0. The van der Waals surface area contributed by atoms with Crippen molar-refractivity contribution in [1.82, 2.24) is 0 Å². The van der Waals surface area contributed by atoms with Gasteiger partial charge in [0.05, 0.1) is 6.61 Å². The zero-order valence-electron chi connectivity index (χ0n) is 10.7. The van der Waals surface area contributed by atoms with Gasteiger partial charge in [0.2, 0.25) is 9.04 Å². The molecule has 0 fully saturated rings. The molecular formula is C13H20BrOSi. The third kappa shape index (κ3) is 4.04. The molecule has 0 heterocycles. The molecule has 0 unspecified atom stereocenters. The minimum Gasteiger partial charge on any atom is -0.413 e. The molecule has 89 valence electrons. The molecule has 0 bridgehead atoms. The highest BCUT2D eigenvalue weighted by Gasteiger charge is 2.18. The van der Waals surface area contributed by atoms with Crippen molar-refractivity contribution in [2.24, 2.45) is 0 Å². The zero-order chi connectivity index (χ0) is 12.3. The van der Waals surface area contributed by atoms with Crippen LogP contribution in [0.25, 0.3) is 0 Å². The van der Waals surface area contributed by atoms with Crippen LogP contribution < -0.4 is 0 Å². The van der Waals surface area contributed by atoms with Crippen LogP contribution in [0.2, 0.25) is 13.1 Å². The lowest BCUT2D eigenvalue weighted by atomic mass is 9.84. The van der Waals surface area contributed by atoms with E-state index in [9.17, 15) is 0 Å². The third-order valence-electron chi connectivity index (χ3n) is 2.40. The largest absolute Gasteiger partial charge is 0.413 e. The van der Waals surface area contributed by atoms with Crippen LogP contribution in [0, 0.1) is 0 Å². The van der Waals surface area contributed by atoms with Crippen LogP contribution in [0.4, 0.5) is 0 Å². The molecule has 0 aliphatic carbocycles. The molecule has 0 spiro atoms. The molecule has 1 radical (unpaired) electrons. The summed E-state index contributed by atoms with van der Waals surface area (Å²) in [7, 11) is -0.615. The van der Waals surface area contributed by atoms with Gasteiger partial charge in [-0.1, -0.05) is 42.8 Å². The monoisotopic (exact) mass is 299 g/mol. The summed E-state index contributed by atoms with van der Waals surface area (Å²) in [5.74, 6) is 0. The van der Waals surface area contributed by atoms with Gasteiger partial charge in [0.25, 0.3) is 0 Å². The molecule has 16 heavy (non-hydrogen) atoms. The Kier molecular flexibility index (Phi) is 4.77. The lowest BCUT2D eigenvalue weighted by molar-refractivity contribution is 0.310. The van der Waals surface area contributed by atoms with Crippen LogP contribution in [0.15, 0.2) is 22.7 Å². The van der Waals surface area contributed by atoms with Crippen molar-refractivity contribution in [1.29, 1.82) is 0 Å². The zero-order valence-corrected chi connectivity index (χ0v) is 13.3. The van der Waals surface area contributed by atoms with Crippen molar-refractivity contribution in [3.05, 3.63) is 33.8 Å². The van der Waals surface area contributed by atoms with Gasteiger partial charge in [0.1, 0.15) is 0 Å². The summed E-state index contributed by atoms with van der Waals surface area (Å²) < 4.78 is 6.93. The maximum atomic E-state index is 5.79. The summed E-state index contributed by atoms with van der Waals surface area (Å²) in [6.07, 6.45) is 0. The summed E-state index contributed by atoms with van der Waals surface area (Å²) >= 11 is 3.53. The summed E-state index contributed by atoms with van der Waals surface area (Å²) in [5.41, 5.74) is 2.84. The Morgan fingerprint density at radius 2 is 1.88 bits per heavy atom. The number of benzene rings is 1. The molecule has 0 saturated heterocycles. The molecule has 0 aliphatic rings. The molecule has 0 N–H and O–H groups in total. The van der Waals surface area contributed by atoms with E-state index in [-0.39, 0.29) is 5.41 Å². The maximum Gasteiger partial charge on any atom is 0.205 e. The van der Waals surface area contributed by atoms with Crippen LogP contribution in [0.1, 0.15) is 31.9 Å². The maximum absolute atomic E-state index is 5.79. The number of rotatable bonds is 3. The van der Waals surface area contributed by atoms with Gasteiger partial charge >= 0.3 is 0 Å². The van der Waals surface area contributed by atoms with E-state index < -0.39 is 9.04 Å². The van der Waals surface area contributed by atoms with Crippen LogP contribution in [0.5, 0.6) is 0 Å². The van der Waals surface area contributed by atoms with E-state index in [4.69, 9.17) is 4.43 Å². The minimum atomic E-state index is -0.615. The lowest BCUT2D eigenvalue weighted by Gasteiger charge is -2.23. The quantitative estimate of drug-likeness (QED) is 0.746. The summed E-state index contributed by atoms with van der Waals surface area (Å²) in [5, 5.41) is 0. The smallest absolute Gasteiger partial charge is 0.205 e. The Bertz CT molecular complexity index is 355. The molecule has 1 rings (SSSR count). The van der Waals surface area contributed by atoms with E-state index in [0.29, 0.717) is 0 Å². The number of hydrogen-bond acceptors (Lipinski definition) is 1. The van der Waals surface area contributed by atoms with Crippen molar-refractivity contribution >= 4 is 25.0 Å². The Morgan fingerprint density at radius 3 is 2.38 bits per heavy atom. The normalized spacial score (nSPS) is 12.2. The summed E-state index contributed by atoms with van der Waals surface area (Å²) in [6.45, 7) is 11.8. The van der Waals surface area contributed by atoms with Crippen molar-refractivity contribution in [3.8, 4) is 0 Å². The van der Waals surface area contributed by atoms with Gasteiger partial charge in [-0.3, -0.25) is 0 Å². The predicted octanol–water partition coefficient (Wildman–Crippen LogP) is 4.51. The first-order valence-corrected chi connectivity index (χ1v) is 8.72. The van der Waals surface area contributed by atoms with Crippen LogP contribution in [-0.2, 0) is 16.4 Å². The third-order valence-corrected chi connectivity index (χ3v) is 3.61. The second-order valence-electron chi connectivity index (χ2n) is 5.25. The molecular weight excluding hydrogens is 280 g/mol. The molecule has 3 heteroatoms. The fourth-order valence-electron chi connectivity index (χ4n) is 1.59. The topological polar surface area (TPSA) is 9.23 Å². The van der Waals surface area contributed by atoms with E-state index in [0.717, 1.165) is 11.1 Å². The first-order chi connectivity index (χ1) is 7.30. The van der Waals surface area contributed by atoms with Crippen LogP contribution in [0.3, 0.4) is 0 Å². The van der Waals surface area contributed by atoms with Gasteiger partial charge in [-0.25, -0.2) is 0 Å². The highest BCUT2D eigenvalue weighted by molar-refractivity contribution is 9.10. The van der Waals surface area contributed by atoms with Gasteiger partial charge in [-0.2, -0.15) is 0 Å². The van der Waals surface area contributed by atoms with Gasteiger partial charge in [0, 0.05) is 4.47 Å². The first-order valence-electron chi connectivity index (χ1n) is 5.52. The van der Waals surface area contributed by atoms with Crippen molar-refractivity contribution in [2.45, 2.75) is 45.9 Å². The Balaban J connectivity index is 2.99. The molecule has 1 aromatic rings. The lowest BCUT2D eigenvalue weighted by Crippen LogP contribution is -2.16. The summed E-state index contributed by atoms with van der Waals surface area (Å²) in [4.78, 5) is 0. The van der Waals surface area contributed by atoms with E-state index in [1.54, 1.807) is 0 Å². The Morgan fingerprint density at radius 1 is 1.25 bits per heavy atom. The first kappa shape index (κ1) is 13.9. The molecule has 0 aromatic heterocycles. The van der Waals surface area contributed by atoms with Crippen molar-refractivity contribution in [3.63, 3.8) is 0 Å².